The molecule has 1 heterocycles. The predicted octanol–water partition coefficient (Wildman–Crippen LogP) is 4.20. The van der Waals surface area contributed by atoms with Crippen LogP contribution in [0.5, 0.6) is 0 Å². The van der Waals surface area contributed by atoms with E-state index in [-0.39, 0.29) is 17.4 Å². The Bertz CT molecular complexity index is 813. The smallest absolute Gasteiger partial charge is 0.149 e. The van der Waals surface area contributed by atoms with E-state index in [0.717, 1.165) is 5.56 Å². The number of aromatic nitrogens is 1. The molecule has 21 heavy (non-hydrogen) atoms. The summed E-state index contributed by atoms with van der Waals surface area (Å²) in [6, 6.07) is 12.4. The minimum atomic E-state index is -0.402. The quantitative estimate of drug-likeness (QED) is 0.766. The van der Waals surface area contributed by atoms with E-state index in [0.29, 0.717) is 16.6 Å². The fourth-order valence-electron chi connectivity index (χ4n) is 2.39. The van der Waals surface area contributed by atoms with Crippen LogP contribution in [-0.2, 0) is 0 Å². The Kier molecular flexibility index (Phi) is 3.39. The zero-order valence-corrected chi connectivity index (χ0v) is 11.5. The largest absolute Gasteiger partial charge is 0.324 e. The second-order valence-corrected chi connectivity index (χ2v) is 5.04. The average molecular weight is 284 g/mol. The van der Waals surface area contributed by atoms with E-state index >= 15 is 0 Å². The van der Waals surface area contributed by atoms with Crippen LogP contribution >= 0.6 is 0 Å². The zero-order chi connectivity index (χ0) is 15.0. The third-order valence-corrected chi connectivity index (χ3v) is 3.41. The van der Waals surface area contributed by atoms with Gasteiger partial charge in [0.25, 0.3) is 0 Å². The number of halogens is 2. The minimum absolute atomic E-state index is 0.265. The summed E-state index contributed by atoms with van der Waals surface area (Å²) in [5, 5.41) is 0.683. The monoisotopic (exact) mass is 284 g/mol. The van der Waals surface area contributed by atoms with Crippen LogP contribution in [0.25, 0.3) is 22.2 Å². The first-order valence-electron chi connectivity index (χ1n) is 6.67. The third kappa shape index (κ3) is 2.50. The van der Waals surface area contributed by atoms with Gasteiger partial charge in [-0.2, -0.15) is 0 Å². The van der Waals surface area contributed by atoms with Crippen LogP contribution in [0, 0.1) is 11.6 Å². The SMILES string of the molecule is C[C@H](N)c1cc2cccc(F)c2nc1-c1cccc(F)c1. The number of para-hydroxylation sites is 1. The summed E-state index contributed by atoms with van der Waals surface area (Å²) in [5.74, 6) is -0.764. The second kappa shape index (κ2) is 5.22. The molecule has 2 aromatic carbocycles. The lowest BCUT2D eigenvalue weighted by atomic mass is 9.99. The molecule has 0 saturated heterocycles. The molecule has 0 aliphatic carbocycles. The maximum absolute atomic E-state index is 13.9. The van der Waals surface area contributed by atoms with Crippen molar-refractivity contribution in [2.75, 3.05) is 0 Å². The second-order valence-electron chi connectivity index (χ2n) is 5.04. The van der Waals surface area contributed by atoms with Gasteiger partial charge in [-0.15, -0.1) is 0 Å². The molecule has 3 rings (SSSR count). The van der Waals surface area contributed by atoms with Crippen molar-refractivity contribution >= 4 is 10.9 Å². The molecule has 4 heteroatoms. The van der Waals surface area contributed by atoms with Crippen molar-refractivity contribution < 1.29 is 8.78 Å². The molecule has 0 aliphatic heterocycles. The summed E-state index contributed by atoms with van der Waals surface area (Å²) < 4.78 is 27.4. The number of pyridine rings is 1. The summed E-state index contributed by atoms with van der Waals surface area (Å²) >= 11 is 0. The van der Waals surface area contributed by atoms with Gasteiger partial charge in [0.2, 0.25) is 0 Å². The molecular formula is C17H14F2N2. The molecule has 1 aromatic heterocycles. The highest BCUT2D eigenvalue weighted by molar-refractivity contribution is 5.84. The van der Waals surface area contributed by atoms with E-state index in [1.807, 2.05) is 13.0 Å². The summed E-state index contributed by atoms with van der Waals surface area (Å²) in [6.45, 7) is 1.82. The van der Waals surface area contributed by atoms with E-state index in [9.17, 15) is 8.78 Å². The molecule has 0 bridgehead atoms. The number of hydrogen-bond acceptors (Lipinski definition) is 2. The molecule has 0 saturated carbocycles. The van der Waals surface area contributed by atoms with Gasteiger partial charge < -0.3 is 5.73 Å². The van der Waals surface area contributed by atoms with Crippen LogP contribution in [0.15, 0.2) is 48.5 Å². The van der Waals surface area contributed by atoms with Gasteiger partial charge >= 0.3 is 0 Å². The third-order valence-electron chi connectivity index (χ3n) is 3.41. The van der Waals surface area contributed by atoms with Crippen LogP contribution in [0.4, 0.5) is 8.78 Å². The Morgan fingerprint density at radius 2 is 1.81 bits per heavy atom. The molecular weight excluding hydrogens is 270 g/mol. The number of nitrogens with zero attached hydrogens (tertiary/aromatic N) is 1. The highest BCUT2D eigenvalue weighted by Crippen LogP contribution is 2.30. The molecule has 0 fully saturated rings. The highest BCUT2D eigenvalue weighted by Gasteiger charge is 2.14. The highest BCUT2D eigenvalue weighted by atomic mass is 19.1. The summed E-state index contributed by atoms with van der Waals surface area (Å²) in [7, 11) is 0. The van der Waals surface area contributed by atoms with Gasteiger partial charge in [-0.1, -0.05) is 24.3 Å². The predicted molar refractivity (Wildman–Crippen MR) is 79.7 cm³/mol. The fraction of sp³-hybridized carbons (Fsp3) is 0.118. The standard InChI is InChI=1S/C17H14F2N2/c1-10(20)14-9-12-5-3-7-15(19)17(12)21-16(14)11-4-2-6-13(18)8-11/h2-10H,20H2,1H3/t10-/m0/s1. The molecule has 2 nitrogen and oxygen atoms in total. The fourth-order valence-corrected chi connectivity index (χ4v) is 2.39. The Morgan fingerprint density at radius 1 is 1.05 bits per heavy atom. The molecule has 0 amide bonds. The number of benzene rings is 2. The van der Waals surface area contributed by atoms with Gasteiger partial charge in [0.1, 0.15) is 17.2 Å². The summed E-state index contributed by atoms with van der Waals surface area (Å²) in [5.41, 5.74) is 8.13. The van der Waals surface area contributed by atoms with E-state index in [1.54, 1.807) is 24.3 Å². The Morgan fingerprint density at radius 3 is 2.52 bits per heavy atom. The van der Waals surface area contributed by atoms with Crippen LogP contribution < -0.4 is 5.73 Å². The normalized spacial score (nSPS) is 12.6. The number of nitrogens with two attached hydrogens (primary N) is 1. The Hall–Kier alpha value is -2.33. The summed E-state index contributed by atoms with van der Waals surface area (Å²) in [4.78, 5) is 4.39. The van der Waals surface area contributed by atoms with Gasteiger partial charge in [0.05, 0.1) is 5.69 Å². The van der Waals surface area contributed by atoms with E-state index in [4.69, 9.17) is 5.73 Å². The van der Waals surface area contributed by atoms with Crippen LogP contribution in [0.1, 0.15) is 18.5 Å². The molecule has 2 N–H and O–H groups in total. The Labute approximate surface area is 121 Å². The van der Waals surface area contributed by atoms with Crippen molar-refractivity contribution in [2.45, 2.75) is 13.0 Å². The molecule has 0 spiro atoms. The number of rotatable bonds is 2. The van der Waals surface area contributed by atoms with Crippen molar-refractivity contribution in [1.82, 2.24) is 4.98 Å². The van der Waals surface area contributed by atoms with E-state index in [2.05, 4.69) is 4.98 Å². The Balaban J connectivity index is 2.34. The molecule has 0 radical (unpaired) electrons. The lowest BCUT2D eigenvalue weighted by molar-refractivity contribution is 0.628. The van der Waals surface area contributed by atoms with Crippen LogP contribution in [0.3, 0.4) is 0 Å². The van der Waals surface area contributed by atoms with E-state index < -0.39 is 5.82 Å². The van der Waals surface area contributed by atoms with Crippen molar-refractivity contribution in [3.8, 4) is 11.3 Å². The van der Waals surface area contributed by atoms with Gasteiger partial charge in [-0.25, -0.2) is 13.8 Å². The van der Waals surface area contributed by atoms with Crippen LogP contribution in [-0.4, -0.2) is 4.98 Å². The van der Waals surface area contributed by atoms with Gasteiger partial charge in [-0.05, 0) is 36.8 Å². The molecule has 1 atom stereocenters. The van der Waals surface area contributed by atoms with Crippen molar-refractivity contribution in [2.24, 2.45) is 5.73 Å². The van der Waals surface area contributed by atoms with Crippen molar-refractivity contribution in [3.05, 3.63) is 65.7 Å². The molecule has 0 unspecified atom stereocenters. The zero-order valence-electron chi connectivity index (χ0n) is 11.5. The molecule has 3 aromatic rings. The first-order chi connectivity index (χ1) is 10.1. The van der Waals surface area contributed by atoms with Crippen molar-refractivity contribution in [1.29, 1.82) is 0 Å². The summed E-state index contributed by atoms with van der Waals surface area (Å²) in [6.07, 6.45) is 0. The van der Waals surface area contributed by atoms with E-state index in [1.165, 1.54) is 18.2 Å². The maximum Gasteiger partial charge on any atom is 0.149 e. The average Bonchev–Trinajstić information content (AvgIpc) is 2.46. The van der Waals surface area contributed by atoms with Gasteiger partial charge in [-0.3, -0.25) is 0 Å². The lowest BCUT2D eigenvalue weighted by Gasteiger charge is -2.14. The van der Waals surface area contributed by atoms with Crippen LogP contribution in [0.2, 0.25) is 0 Å². The minimum Gasteiger partial charge on any atom is -0.324 e. The van der Waals surface area contributed by atoms with Gasteiger partial charge in [0.15, 0.2) is 0 Å². The van der Waals surface area contributed by atoms with Crippen molar-refractivity contribution in [3.63, 3.8) is 0 Å². The lowest BCUT2D eigenvalue weighted by Crippen LogP contribution is -2.08. The molecule has 106 valence electrons. The topological polar surface area (TPSA) is 38.9 Å². The number of fused-ring (bicyclic) bond motifs is 1. The van der Waals surface area contributed by atoms with Gasteiger partial charge in [0, 0.05) is 17.0 Å². The first kappa shape index (κ1) is 13.6. The maximum atomic E-state index is 13.9. The number of hydrogen-bond donors (Lipinski definition) is 1. The first-order valence-corrected chi connectivity index (χ1v) is 6.67. The molecule has 0 aliphatic rings.